The molecule has 6 nitrogen and oxygen atoms in total. The predicted molar refractivity (Wildman–Crippen MR) is 104 cm³/mol. The molecule has 0 aliphatic heterocycles. The maximum Gasteiger partial charge on any atom is 0.358 e. The van der Waals surface area contributed by atoms with E-state index in [0.717, 1.165) is 16.3 Å². The number of aromatic nitrogens is 2. The lowest BCUT2D eigenvalue weighted by Crippen LogP contribution is -2.06. The van der Waals surface area contributed by atoms with Gasteiger partial charge < -0.3 is 14.8 Å². The zero-order valence-electron chi connectivity index (χ0n) is 14.1. The maximum atomic E-state index is 12.1. The van der Waals surface area contributed by atoms with E-state index in [0.29, 0.717) is 17.4 Å². The number of nitrogens with zero attached hydrogens (tertiary/aromatic N) is 2. The Morgan fingerprint density at radius 2 is 2.04 bits per heavy atom. The number of rotatable bonds is 8. The Bertz CT molecular complexity index is 887. The SMILES string of the molecule is C=CCNc1nc(C(=O)OCc2csc(-c3ccc(OC)cc3)n2)cs1. The van der Waals surface area contributed by atoms with E-state index in [1.807, 2.05) is 29.6 Å². The summed E-state index contributed by atoms with van der Waals surface area (Å²) < 4.78 is 10.5. The van der Waals surface area contributed by atoms with Gasteiger partial charge in [0.15, 0.2) is 10.8 Å². The summed E-state index contributed by atoms with van der Waals surface area (Å²) in [5.41, 5.74) is 1.98. The van der Waals surface area contributed by atoms with Crippen LogP contribution in [-0.2, 0) is 11.3 Å². The lowest BCUT2D eigenvalue weighted by atomic mass is 10.2. The van der Waals surface area contributed by atoms with Gasteiger partial charge in [-0.15, -0.1) is 29.3 Å². The smallest absolute Gasteiger partial charge is 0.358 e. The van der Waals surface area contributed by atoms with E-state index in [9.17, 15) is 4.79 Å². The normalized spacial score (nSPS) is 10.3. The van der Waals surface area contributed by atoms with Gasteiger partial charge in [-0.3, -0.25) is 0 Å². The summed E-state index contributed by atoms with van der Waals surface area (Å²) in [5, 5.41) is 8.10. The summed E-state index contributed by atoms with van der Waals surface area (Å²) >= 11 is 2.85. The van der Waals surface area contributed by atoms with Crippen LogP contribution in [0.1, 0.15) is 16.2 Å². The minimum atomic E-state index is -0.466. The number of hydrogen-bond donors (Lipinski definition) is 1. The molecule has 0 spiro atoms. The van der Waals surface area contributed by atoms with Gasteiger partial charge in [0.25, 0.3) is 0 Å². The molecule has 1 aromatic carbocycles. The van der Waals surface area contributed by atoms with Crippen LogP contribution in [0.4, 0.5) is 5.13 Å². The summed E-state index contributed by atoms with van der Waals surface area (Å²) in [4.78, 5) is 20.8. The van der Waals surface area contributed by atoms with Gasteiger partial charge in [-0.25, -0.2) is 14.8 Å². The number of methoxy groups -OCH3 is 1. The number of ether oxygens (including phenoxy) is 2. The summed E-state index contributed by atoms with van der Waals surface area (Å²) in [7, 11) is 1.63. The molecule has 2 aromatic heterocycles. The molecule has 3 aromatic rings. The minimum Gasteiger partial charge on any atom is -0.497 e. The second-order valence-corrected chi connectivity index (χ2v) is 6.87. The molecule has 0 saturated heterocycles. The van der Waals surface area contributed by atoms with E-state index in [4.69, 9.17) is 9.47 Å². The molecule has 0 radical (unpaired) electrons. The second kappa shape index (κ2) is 8.59. The molecule has 1 N–H and O–H groups in total. The van der Waals surface area contributed by atoms with Gasteiger partial charge in [0.1, 0.15) is 17.4 Å². The van der Waals surface area contributed by atoms with Gasteiger partial charge >= 0.3 is 5.97 Å². The van der Waals surface area contributed by atoms with E-state index in [-0.39, 0.29) is 12.3 Å². The Morgan fingerprint density at radius 1 is 1.23 bits per heavy atom. The molecule has 3 rings (SSSR count). The van der Waals surface area contributed by atoms with Gasteiger partial charge in [0, 0.05) is 22.9 Å². The largest absolute Gasteiger partial charge is 0.497 e. The first-order chi connectivity index (χ1) is 12.7. The van der Waals surface area contributed by atoms with E-state index in [2.05, 4.69) is 21.9 Å². The molecule has 134 valence electrons. The molecule has 0 saturated carbocycles. The van der Waals surface area contributed by atoms with Gasteiger partial charge in [0.2, 0.25) is 0 Å². The highest BCUT2D eigenvalue weighted by Gasteiger charge is 2.13. The van der Waals surface area contributed by atoms with Crippen molar-refractivity contribution in [1.29, 1.82) is 0 Å². The van der Waals surface area contributed by atoms with E-state index in [1.54, 1.807) is 18.6 Å². The molecular weight excluding hydrogens is 370 g/mol. The minimum absolute atomic E-state index is 0.110. The molecule has 0 bridgehead atoms. The maximum absolute atomic E-state index is 12.1. The highest BCUT2D eigenvalue weighted by atomic mass is 32.1. The molecular formula is C18H17N3O3S2. The first kappa shape index (κ1) is 18.1. The van der Waals surface area contributed by atoms with Crippen molar-refractivity contribution in [3.8, 4) is 16.3 Å². The first-order valence-electron chi connectivity index (χ1n) is 7.76. The van der Waals surface area contributed by atoms with Crippen molar-refractivity contribution in [1.82, 2.24) is 9.97 Å². The van der Waals surface area contributed by atoms with Gasteiger partial charge in [-0.2, -0.15) is 0 Å². The Morgan fingerprint density at radius 3 is 2.77 bits per heavy atom. The van der Waals surface area contributed by atoms with Gasteiger partial charge in [-0.05, 0) is 24.3 Å². The number of carbonyl (C=O) groups is 1. The number of anilines is 1. The average Bonchev–Trinajstić information content (AvgIpc) is 3.34. The Kier molecular flexibility index (Phi) is 5.98. The van der Waals surface area contributed by atoms with Gasteiger partial charge in [-0.1, -0.05) is 6.08 Å². The van der Waals surface area contributed by atoms with E-state index in [1.165, 1.54) is 22.7 Å². The highest BCUT2D eigenvalue weighted by Crippen LogP contribution is 2.26. The summed E-state index contributed by atoms with van der Waals surface area (Å²) in [6.07, 6.45) is 1.72. The van der Waals surface area contributed by atoms with E-state index < -0.39 is 5.97 Å². The lowest BCUT2D eigenvalue weighted by Gasteiger charge is -2.01. The number of carbonyl (C=O) groups excluding carboxylic acids is 1. The van der Waals surface area contributed by atoms with Crippen molar-refractivity contribution in [2.45, 2.75) is 6.61 Å². The molecule has 2 heterocycles. The second-order valence-electron chi connectivity index (χ2n) is 5.16. The molecule has 26 heavy (non-hydrogen) atoms. The quantitative estimate of drug-likeness (QED) is 0.461. The third-order valence-electron chi connectivity index (χ3n) is 3.35. The monoisotopic (exact) mass is 387 g/mol. The fraction of sp³-hybridized carbons (Fsp3) is 0.167. The number of thiazole rings is 2. The lowest BCUT2D eigenvalue weighted by molar-refractivity contribution is 0.0462. The third kappa shape index (κ3) is 4.47. The van der Waals surface area contributed by atoms with Crippen LogP contribution in [0.15, 0.2) is 47.7 Å². The van der Waals surface area contributed by atoms with Crippen LogP contribution in [0.2, 0.25) is 0 Å². The van der Waals surface area contributed by atoms with Crippen LogP contribution in [0, 0.1) is 0 Å². The van der Waals surface area contributed by atoms with Crippen molar-refractivity contribution < 1.29 is 14.3 Å². The molecule has 0 unspecified atom stereocenters. The van der Waals surface area contributed by atoms with Crippen LogP contribution in [0.25, 0.3) is 10.6 Å². The van der Waals surface area contributed by atoms with E-state index >= 15 is 0 Å². The molecule has 0 amide bonds. The number of benzene rings is 1. The third-order valence-corrected chi connectivity index (χ3v) is 5.09. The molecule has 8 heteroatoms. The molecule has 0 fully saturated rings. The standard InChI is InChI=1S/C18H17N3O3S2/c1-3-8-19-18-21-15(11-26-18)17(22)24-9-13-10-25-16(20-13)12-4-6-14(23-2)7-5-12/h3-7,10-11H,1,8-9H2,2H3,(H,19,21). The Balaban J connectivity index is 1.57. The van der Waals surface area contributed by atoms with Crippen LogP contribution in [-0.4, -0.2) is 29.6 Å². The van der Waals surface area contributed by atoms with Crippen LogP contribution in [0.3, 0.4) is 0 Å². The molecule has 0 atom stereocenters. The molecule has 0 aliphatic carbocycles. The van der Waals surface area contributed by atoms with Crippen molar-refractivity contribution in [2.75, 3.05) is 19.0 Å². The predicted octanol–water partition coefficient (Wildman–Crippen LogP) is 4.23. The topological polar surface area (TPSA) is 73.3 Å². The molecule has 0 aliphatic rings. The summed E-state index contributed by atoms with van der Waals surface area (Å²) in [6, 6.07) is 7.66. The van der Waals surface area contributed by atoms with Crippen LogP contribution < -0.4 is 10.1 Å². The fourth-order valence-electron chi connectivity index (χ4n) is 2.06. The highest BCUT2D eigenvalue weighted by molar-refractivity contribution is 7.14. The Hall–Kier alpha value is -2.71. The fourth-order valence-corrected chi connectivity index (χ4v) is 3.56. The average molecular weight is 387 g/mol. The van der Waals surface area contributed by atoms with Crippen LogP contribution in [0.5, 0.6) is 5.75 Å². The van der Waals surface area contributed by atoms with Crippen molar-refractivity contribution >= 4 is 33.8 Å². The van der Waals surface area contributed by atoms with Crippen LogP contribution >= 0.6 is 22.7 Å². The number of hydrogen-bond acceptors (Lipinski definition) is 8. The number of esters is 1. The van der Waals surface area contributed by atoms with Gasteiger partial charge in [0.05, 0.1) is 12.8 Å². The van der Waals surface area contributed by atoms with Crippen molar-refractivity contribution in [3.63, 3.8) is 0 Å². The number of nitrogens with one attached hydrogen (secondary N) is 1. The summed E-state index contributed by atoms with van der Waals surface area (Å²) in [5.74, 6) is 0.330. The summed E-state index contributed by atoms with van der Waals surface area (Å²) in [6.45, 7) is 4.33. The zero-order valence-corrected chi connectivity index (χ0v) is 15.7. The Labute approximate surface area is 159 Å². The first-order valence-corrected chi connectivity index (χ1v) is 9.52. The van der Waals surface area contributed by atoms with Crippen molar-refractivity contribution in [2.24, 2.45) is 0 Å². The van der Waals surface area contributed by atoms with Crippen molar-refractivity contribution in [3.05, 3.63) is 59.1 Å². The zero-order chi connectivity index (χ0) is 18.4.